The maximum Gasteiger partial charge on any atom is 0.224 e. The number of ether oxygens (including phenoxy) is 1. The third kappa shape index (κ3) is 3.79. The fourth-order valence-corrected chi connectivity index (χ4v) is 3.39. The third-order valence-electron chi connectivity index (χ3n) is 4.85. The van der Waals surface area contributed by atoms with Crippen molar-refractivity contribution in [3.63, 3.8) is 0 Å². The number of nitrogens with one attached hydrogen (secondary N) is 1. The molecule has 4 rings (SSSR count). The van der Waals surface area contributed by atoms with Crippen LogP contribution < -0.4 is 5.32 Å². The minimum atomic E-state index is 0.111. The lowest BCUT2D eigenvalue weighted by atomic mass is 10.1. The van der Waals surface area contributed by atoms with E-state index in [1.165, 1.54) is 6.33 Å². The standard InChI is InChI=1S/C16H22N8O2/c25-15(3-7-24-11-19-21-22-24)23-5-1-13-14(2-6-23)17-10-18-16(13)20-12-4-8-26-9-12/h10-12H,1-9H2,(H,17,18,20)/t12-/m0/s1. The van der Waals surface area contributed by atoms with Crippen molar-refractivity contribution in [2.75, 3.05) is 31.6 Å². The molecule has 4 heterocycles. The second kappa shape index (κ2) is 7.73. The fourth-order valence-electron chi connectivity index (χ4n) is 3.39. The number of hydrogen-bond donors (Lipinski definition) is 1. The number of anilines is 1. The van der Waals surface area contributed by atoms with Gasteiger partial charge in [-0.25, -0.2) is 14.6 Å². The minimum Gasteiger partial charge on any atom is -0.379 e. The maximum atomic E-state index is 12.5. The predicted octanol–water partition coefficient (Wildman–Crippen LogP) is -0.319. The average molecular weight is 358 g/mol. The van der Waals surface area contributed by atoms with Crippen molar-refractivity contribution in [1.82, 2.24) is 35.1 Å². The van der Waals surface area contributed by atoms with Crippen LogP contribution in [0.15, 0.2) is 12.7 Å². The lowest BCUT2D eigenvalue weighted by Crippen LogP contribution is -2.33. The second-order valence-corrected chi connectivity index (χ2v) is 6.56. The summed E-state index contributed by atoms with van der Waals surface area (Å²) in [6.07, 6.45) is 5.99. The Balaban J connectivity index is 1.39. The highest BCUT2D eigenvalue weighted by atomic mass is 16.5. The molecule has 26 heavy (non-hydrogen) atoms. The van der Waals surface area contributed by atoms with E-state index in [0.29, 0.717) is 38.7 Å². The van der Waals surface area contributed by atoms with E-state index in [1.54, 1.807) is 11.0 Å². The summed E-state index contributed by atoms with van der Waals surface area (Å²) in [5.74, 6) is 0.994. The molecule has 0 aromatic carbocycles. The molecule has 0 radical (unpaired) electrons. The predicted molar refractivity (Wildman–Crippen MR) is 91.3 cm³/mol. The van der Waals surface area contributed by atoms with Gasteiger partial charge in [0, 0.05) is 38.1 Å². The Morgan fingerprint density at radius 1 is 1.31 bits per heavy atom. The molecule has 0 unspecified atom stereocenters. The van der Waals surface area contributed by atoms with E-state index in [0.717, 1.165) is 42.9 Å². The summed E-state index contributed by atoms with van der Waals surface area (Å²) in [4.78, 5) is 23.3. The van der Waals surface area contributed by atoms with E-state index in [9.17, 15) is 4.79 Å². The monoisotopic (exact) mass is 358 g/mol. The first-order valence-electron chi connectivity index (χ1n) is 8.95. The molecular weight excluding hydrogens is 336 g/mol. The van der Waals surface area contributed by atoms with Gasteiger partial charge in [0.25, 0.3) is 0 Å². The smallest absolute Gasteiger partial charge is 0.224 e. The third-order valence-corrected chi connectivity index (χ3v) is 4.85. The fraction of sp³-hybridized carbons (Fsp3) is 0.625. The molecule has 2 aromatic rings. The zero-order chi connectivity index (χ0) is 17.8. The van der Waals surface area contributed by atoms with Crippen LogP contribution in [0.4, 0.5) is 5.82 Å². The van der Waals surface area contributed by atoms with Crippen LogP contribution >= 0.6 is 0 Å². The van der Waals surface area contributed by atoms with Crippen molar-refractivity contribution >= 4 is 11.7 Å². The molecule has 1 atom stereocenters. The van der Waals surface area contributed by atoms with Crippen molar-refractivity contribution in [3.05, 3.63) is 23.9 Å². The summed E-state index contributed by atoms with van der Waals surface area (Å²) < 4.78 is 7.00. The van der Waals surface area contributed by atoms with Gasteiger partial charge in [0.1, 0.15) is 18.5 Å². The zero-order valence-corrected chi connectivity index (χ0v) is 14.5. The molecule has 1 saturated heterocycles. The van der Waals surface area contributed by atoms with E-state index in [-0.39, 0.29) is 5.91 Å². The molecule has 2 aliphatic heterocycles. The van der Waals surface area contributed by atoms with Crippen LogP contribution in [-0.4, -0.2) is 73.3 Å². The number of amides is 1. The topological polar surface area (TPSA) is 111 Å². The molecule has 138 valence electrons. The van der Waals surface area contributed by atoms with Crippen molar-refractivity contribution in [1.29, 1.82) is 0 Å². The van der Waals surface area contributed by atoms with Gasteiger partial charge in [0.15, 0.2) is 0 Å². The first-order chi connectivity index (χ1) is 12.8. The molecule has 1 fully saturated rings. The summed E-state index contributed by atoms with van der Waals surface area (Å²) in [7, 11) is 0. The van der Waals surface area contributed by atoms with Gasteiger partial charge < -0.3 is 15.0 Å². The highest BCUT2D eigenvalue weighted by Gasteiger charge is 2.23. The number of aryl methyl sites for hydroxylation is 1. The van der Waals surface area contributed by atoms with E-state index in [4.69, 9.17) is 4.74 Å². The van der Waals surface area contributed by atoms with Gasteiger partial charge in [-0.1, -0.05) is 0 Å². The number of carbonyl (C=O) groups is 1. The normalized spacial score (nSPS) is 19.8. The molecule has 2 aromatic heterocycles. The molecule has 2 aliphatic rings. The lowest BCUT2D eigenvalue weighted by molar-refractivity contribution is -0.131. The van der Waals surface area contributed by atoms with Crippen molar-refractivity contribution in [3.8, 4) is 0 Å². The SMILES string of the molecule is O=C(CCn1cnnn1)N1CCc2ncnc(N[C@H]3CCOC3)c2CC1. The van der Waals surface area contributed by atoms with Gasteiger partial charge in [-0.05, 0) is 23.3 Å². The van der Waals surface area contributed by atoms with Gasteiger partial charge in [-0.2, -0.15) is 0 Å². The Kier molecular flexibility index (Phi) is 5.00. The zero-order valence-electron chi connectivity index (χ0n) is 14.5. The second-order valence-electron chi connectivity index (χ2n) is 6.56. The molecule has 0 aliphatic carbocycles. The number of aromatic nitrogens is 6. The number of hydrogen-bond acceptors (Lipinski definition) is 8. The Morgan fingerprint density at radius 3 is 3.04 bits per heavy atom. The summed E-state index contributed by atoms with van der Waals surface area (Å²) in [5.41, 5.74) is 2.15. The van der Waals surface area contributed by atoms with E-state index < -0.39 is 0 Å². The molecule has 1 N–H and O–H groups in total. The average Bonchev–Trinajstić information content (AvgIpc) is 3.31. The van der Waals surface area contributed by atoms with Gasteiger partial charge in [-0.3, -0.25) is 4.79 Å². The van der Waals surface area contributed by atoms with Gasteiger partial charge >= 0.3 is 0 Å². The molecule has 0 spiro atoms. The quantitative estimate of drug-likeness (QED) is 0.774. The first-order valence-corrected chi connectivity index (χ1v) is 8.95. The number of tetrazole rings is 1. The molecule has 0 bridgehead atoms. The number of fused-ring (bicyclic) bond motifs is 1. The lowest BCUT2D eigenvalue weighted by Gasteiger charge is -2.20. The molecule has 10 heteroatoms. The minimum absolute atomic E-state index is 0.111. The highest BCUT2D eigenvalue weighted by molar-refractivity contribution is 5.76. The summed E-state index contributed by atoms with van der Waals surface area (Å²) >= 11 is 0. The summed E-state index contributed by atoms with van der Waals surface area (Å²) in [5, 5.41) is 14.4. The molecule has 0 saturated carbocycles. The van der Waals surface area contributed by atoms with E-state index in [2.05, 4.69) is 30.8 Å². The van der Waals surface area contributed by atoms with Gasteiger partial charge in [0.05, 0.1) is 24.9 Å². The Labute approximate surface area is 150 Å². The first kappa shape index (κ1) is 16.8. The van der Waals surface area contributed by atoms with Crippen LogP contribution in [0.3, 0.4) is 0 Å². The van der Waals surface area contributed by atoms with Crippen molar-refractivity contribution < 1.29 is 9.53 Å². The Bertz CT molecular complexity index is 745. The number of rotatable bonds is 5. The molecule has 1 amide bonds. The van der Waals surface area contributed by atoms with Crippen LogP contribution in [0.2, 0.25) is 0 Å². The molecule has 10 nitrogen and oxygen atoms in total. The Hall–Kier alpha value is -2.62. The number of nitrogens with zero attached hydrogens (tertiary/aromatic N) is 7. The summed E-state index contributed by atoms with van der Waals surface area (Å²) in [6, 6.07) is 0.297. The largest absolute Gasteiger partial charge is 0.379 e. The van der Waals surface area contributed by atoms with Gasteiger partial charge in [-0.15, -0.1) is 5.10 Å². The van der Waals surface area contributed by atoms with Crippen molar-refractivity contribution in [2.45, 2.75) is 38.3 Å². The van der Waals surface area contributed by atoms with Crippen LogP contribution in [0.1, 0.15) is 24.1 Å². The van der Waals surface area contributed by atoms with Crippen LogP contribution in [0.5, 0.6) is 0 Å². The number of carbonyl (C=O) groups excluding carboxylic acids is 1. The van der Waals surface area contributed by atoms with E-state index >= 15 is 0 Å². The maximum absolute atomic E-state index is 12.5. The Morgan fingerprint density at radius 2 is 2.23 bits per heavy atom. The summed E-state index contributed by atoms with van der Waals surface area (Å²) in [6.45, 7) is 3.33. The van der Waals surface area contributed by atoms with Gasteiger partial charge in [0.2, 0.25) is 5.91 Å². The molecular formula is C16H22N8O2. The highest BCUT2D eigenvalue weighted by Crippen LogP contribution is 2.22. The van der Waals surface area contributed by atoms with Crippen LogP contribution in [-0.2, 0) is 28.9 Å². The van der Waals surface area contributed by atoms with E-state index in [1.807, 2.05) is 4.90 Å². The van der Waals surface area contributed by atoms with Crippen LogP contribution in [0.25, 0.3) is 0 Å². The van der Waals surface area contributed by atoms with Crippen LogP contribution in [0, 0.1) is 0 Å². The van der Waals surface area contributed by atoms with Crippen molar-refractivity contribution in [2.24, 2.45) is 0 Å².